The Labute approximate surface area is 115 Å². The Balaban J connectivity index is 3.18. The summed E-state index contributed by atoms with van der Waals surface area (Å²) in [5, 5.41) is 0. The number of sulfonamides is 1. The van der Waals surface area contributed by atoms with Gasteiger partial charge in [0.25, 0.3) is 0 Å². The molecule has 0 spiro atoms. The number of rotatable bonds is 5. The van der Waals surface area contributed by atoms with Gasteiger partial charge in [-0.2, -0.15) is 0 Å². The largest absolute Gasteiger partial charge is 0.399 e. The van der Waals surface area contributed by atoms with Crippen molar-refractivity contribution in [3.8, 4) is 12.3 Å². The summed E-state index contributed by atoms with van der Waals surface area (Å²) in [6.45, 7) is 5.50. The molecule has 3 N–H and O–H groups in total. The van der Waals surface area contributed by atoms with Gasteiger partial charge in [-0.05, 0) is 43.5 Å². The molecular weight excluding hydrogens is 260 g/mol. The van der Waals surface area contributed by atoms with Crippen LogP contribution in [0.2, 0.25) is 0 Å². The van der Waals surface area contributed by atoms with E-state index in [1.54, 1.807) is 13.0 Å². The van der Waals surface area contributed by atoms with Crippen molar-refractivity contribution in [2.24, 2.45) is 0 Å². The van der Waals surface area contributed by atoms with Gasteiger partial charge in [0.15, 0.2) is 0 Å². The number of nitrogens with one attached hydrogen (secondary N) is 1. The van der Waals surface area contributed by atoms with Crippen LogP contribution < -0.4 is 10.5 Å². The van der Waals surface area contributed by atoms with Gasteiger partial charge in [0.1, 0.15) is 0 Å². The molecule has 4 nitrogen and oxygen atoms in total. The standard InChI is InChI=1S/C14H20N2O2S/c1-5-7-13(6-2)16-19(17,18)14-9-12(15)8-10(3)11(14)4/h1,8-9,13,16H,6-7,15H2,2-4H3. The number of benzene rings is 1. The van der Waals surface area contributed by atoms with E-state index in [1.807, 2.05) is 13.8 Å². The highest BCUT2D eigenvalue weighted by Crippen LogP contribution is 2.22. The van der Waals surface area contributed by atoms with E-state index in [4.69, 9.17) is 12.2 Å². The van der Waals surface area contributed by atoms with Crippen molar-refractivity contribution in [3.63, 3.8) is 0 Å². The minimum Gasteiger partial charge on any atom is -0.399 e. The average molecular weight is 280 g/mol. The molecule has 0 amide bonds. The van der Waals surface area contributed by atoms with Gasteiger partial charge in [0.2, 0.25) is 10.0 Å². The van der Waals surface area contributed by atoms with Gasteiger partial charge in [-0.25, -0.2) is 13.1 Å². The van der Waals surface area contributed by atoms with Crippen molar-refractivity contribution in [3.05, 3.63) is 23.3 Å². The van der Waals surface area contributed by atoms with Crippen molar-refractivity contribution in [2.45, 2.75) is 44.6 Å². The maximum atomic E-state index is 12.4. The summed E-state index contributed by atoms with van der Waals surface area (Å²) >= 11 is 0. The zero-order chi connectivity index (χ0) is 14.6. The lowest BCUT2D eigenvalue weighted by atomic mass is 10.1. The molecule has 1 atom stereocenters. The zero-order valence-electron chi connectivity index (χ0n) is 11.5. The minimum absolute atomic E-state index is 0.223. The molecule has 0 saturated carbocycles. The second-order valence-corrected chi connectivity index (χ2v) is 6.28. The van der Waals surface area contributed by atoms with Crippen LogP contribution in [0.3, 0.4) is 0 Å². The molecule has 0 aliphatic carbocycles. The van der Waals surface area contributed by atoms with Crippen LogP contribution in [0.15, 0.2) is 17.0 Å². The van der Waals surface area contributed by atoms with Gasteiger partial charge in [0, 0.05) is 18.2 Å². The molecule has 1 aromatic rings. The van der Waals surface area contributed by atoms with Crippen LogP contribution >= 0.6 is 0 Å². The highest BCUT2D eigenvalue weighted by Gasteiger charge is 2.21. The summed E-state index contributed by atoms with van der Waals surface area (Å²) in [5.74, 6) is 2.48. The molecule has 5 heteroatoms. The molecule has 0 aliphatic heterocycles. The molecule has 1 aromatic carbocycles. The second kappa shape index (κ2) is 6.09. The van der Waals surface area contributed by atoms with E-state index in [-0.39, 0.29) is 10.9 Å². The Kier molecular flexibility index (Phi) is 4.98. The zero-order valence-corrected chi connectivity index (χ0v) is 12.3. The lowest BCUT2D eigenvalue weighted by molar-refractivity contribution is 0.543. The van der Waals surface area contributed by atoms with Gasteiger partial charge in [-0.1, -0.05) is 6.92 Å². The van der Waals surface area contributed by atoms with Gasteiger partial charge >= 0.3 is 0 Å². The molecule has 104 valence electrons. The van der Waals surface area contributed by atoms with E-state index < -0.39 is 10.0 Å². The van der Waals surface area contributed by atoms with E-state index in [2.05, 4.69) is 10.6 Å². The summed E-state index contributed by atoms with van der Waals surface area (Å²) in [6, 6.07) is 2.98. The van der Waals surface area contributed by atoms with Crippen molar-refractivity contribution in [1.29, 1.82) is 0 Å². The normalized spacial score (nSPS) is 12.9. The summed E-state index contributed by atoms with van der Waals surface area (Å²) in [7, 11) is -3.60. The lowest BCUT2D eigenvalue weighted by Crippen LogP contribution is -2.34. The smallest absolute Gasteiger partial charge is 0.241 e. The summed E-state index contributed by atoms with van der Waals surface area (Å²) in [6.07, 6.45) is 6.25. The van der Waals surface area contributed by atoms with Gasteiger partial charge in [-0.3, -0.25) is 0 Å². The first kappa shape index (κ1) is 15.5. The number of aryl methyl sites for hydroxylation is 1. The fourth-order valence-electron chi connectivity index (χ4n) is 1.83. The third-order valence-electron chi connectivity index (χ3n) is 3.11. The highest BCUT2D eigenvalue weighted by molar-refractivity contribution is 7.89. The first-order chi connectivity index (χ1) is 8.81. The minimum atomic E-state index is -3.60. The third-order valence-corrected chi connectivity index (χ3v) is 4.76. The number of terminal acetylenes is 1. The van der Waals surface area contributed by atoms with Crippen LogP contribution in [0.1, 0.15) is 30.9 Å². The van der Waals surface area contributed by atoms with E-state index in [9.17, 15) is 8.42 Å². The fourth-order valence-corrected chi connectivity index (χ4v) is 3.50. The molecule has 19 heavy (non-hydrogen) atoms. The van der Waals surface area contributed by atoms with Crippen molar-refractivity contribution < 1.29 is 8.42 Å². The lowest BCUT2D eigenvalue weighted by Gasteiger charge is -2.17. The van der Waals surface area contributed by atoms with Gasteiger partial charge in [0.05, 0.1) is 4.90 Å². The number of hydrogen-bond acceptors (Lipinski definition) is 3. The first-order valence-corrected chi connectivity index (χ1v) is 7.62. The highest BCUT2D eigenvalue weighted by atomic mass is 32.2. The van der Waals surface area contributed by atoms with E-state index in [1.165, 1.54) is 6.07 Å². The van der Waals surface area contributed by atoms with Crippen molar-refractivity contribution in [2.75, 3.05) is 5.73 Å². The average Bonchev–Trinajstić information content (AvgIpc) is 2.32. The molecule has 0 bridgehead atoms. The summed E-state index contributed by atoms with van der Waals surface area (Å²) in [4.78, 5) is 0.223. The van der Waals surface area contributed by atoms with Gasteiger partial charge in [-0.15, -0.1) is 12.3 Å². The van der Waals surface area contributed by atoms with Crippen molar-refractivity contribution >= 4 is 15.7 Å². The second-order valence-electron chi connectivity index (χ2n) is 4.60. The van der Waals surface area contributed by atoms with Crippen LogP contribution in [-0.2, 0) is 10.0 Å². The van der Waals surface area contributed by atoms with E-state index in [0.717, 1.165) is 5.56 Å². The van der Waals surface area contributed by atoms with Crippen LogP contribution in [0.5, 0.6) is 0 Å². The molecule has 0 fully saturated rings. The molecule has 1 rings (SSSR count). The van der Waals surface area contributed by atoms with Gasteiger partial charge < -0.3 is 5.73 Å². The fraction of sp³-hybridized carbons (Fsp3) is 0.429. The number of anilines is 1. The maximum absolute atomic E-state index is 12.4. The Hall–Kier alpha value is -1.51. The maximum Gasteiger partial charge on any atom is 0.241 e. The van der Waals surface area contributed by atoms with Crippen LogP contribution in [0, 0.1) is 26.2 Å². The Morgan fingerprint density at radius 3 is 2.58 bits per heavy atom. The number of nitrogens with two attached hydrogens (primary N) is 1. The predicted octanol–water partition coefficient (Wildman–Crippen LogP) is 1.97. The van der Waals surface area contributed by atoms with Crippen molar-refractivity contribution in [1.82, 2.24) is 4.72 Å². The topological polar surface area (TPSA) is 72.2 Å². The molecule has 0 aromatic heterocycles. The molecule has 1 unspecified atom stereocenters. The van der Waals surface area contributed by atoms with Crippen LogP contribution in [-0.4, -0.2) is 14.5 Å². The van der Waals surface area contributed by atoms with Crippen LogP contribution in [0.25, 0.3) is 0 Å². The molecular formula is C14H20N2O2S. The van der Waals surface area contributed by atoms with Crippen LogP contribution in [0.4, 0.5) is 5.69 Å². The Morgan fingerprint density at radius 1 is 1.42 bits per heavy atom. The van der Waals surface area contributed by atoms with E-state index >= 15 is 0 Å². The van der Waals surface area contributed by atoms with E-state index in [0.29, 0.717) is 24.1 Å². The SMILES string of the molecule is C#CCC(CC)NS(=O)(=O)c1cc(N)cc(C)c1C. The molecule has 0 radical (unpaired) electrons. The Bertz CT molecular complexity index is 601. The summed E-state index contributed by atoms with van der Waals surface area (Å²) in [5.41, 5.74) is 7.72. The molecule has 0 aliphatic rings. The number of hydrogen-bond donors (Lipinski definition) is 2. The predicted molar refractivity (Wildman–Crippen MR) is 78.2 cm³/mol. The molecule has 0 heterocycles. The summed E-state index contributed by atoms with van der Waals surface area (Å²) < 4.78 is 27.4. The third kappa shape index (κ3) is 3.72. The number of nitrogen functional groups attached to an aromatic ring is 1. The monoisotopic (exact) mass is 280 g/mol. The first-order valence-electron chi connectivity index (χ1n) is 6.14. The molecule has 0 saturated heterocycles. The Morgan fingerprint density at radius 2 is 2.05 bits per heavy atom. The quantitative estimate of drug-likeness (QED) is 0.640.